The molecule has 0 unspecified atom stereocenters. The number of phenolic OH excluding ortho intramolecular Hbond substituents is 1. The summed E-state index contributed by atoms with van der Waals surface area (Å²) in [5.41, 5.74) is 5.20. The first-order valence-electron chi connectivity index (χ1n) is 8.69. The molecule has 132 valence electrons. The number of phenols is 1. The zero-order valence-electron chi connectivity index (χ0n) is 15.2. The number of carbonyl (C=O) groups is 1. The van der Waals surface area contributed by atoms with E-state index in [-0.39, 0.29) is 11.5 Å². The van der Waals surface area contributed by atoms with Gasteiger partial charge >= 0.3 is 0 Å². The van der Waals surface area contributed by atoms with Gasteiger partial charge < -0.3 is 5.11 Å². The van der Waals surface area contributed by atoms with Crippen LogP contribution in [0.3, 0.4) is 0 Å². The number of aromatic hydroxyl groups is 1. The van der Waals surface area contributed by atoms with E-state index in [4.69, 9.17) is 0 Å². The third kappa shape index (κ3) is 3.54. The van der Waals surface area contributed by atoms with Gasteiger partial charge in [-0.3, -0.25) is 4.79 Å². The second-order valence-corrected chi connectivity index (χ2v) is 7.54. The lowest BCUT2D eigenvalue weighted by atomic mass is 9.93. The highest BCUT2D eigenvalue weighted by Crippen LogP contribution is 2.40. The van der Waals surface area contributed by atoms with Gasteiger partial charge in [0, 0.05) is 10.5 Å². The van der Waals surface area contributed by atoms with Crippen LogP contribution < -0.4 is 0 Å². The highest BCUT2D eigenvalue weighted by molar-refractivity contribution is 7.99. The van der Waals surface area contributed by atoms with Crippen molar-refractivity contribution in [1.82, 2.24) is 0 Å². The van der Waals surface area contributed by atoms with Crippen LogP contribution in [-0.4, -0.2) is 16.6 Å². The molecule has 0 aromatic heterocycles. The smallest absolute Gasteiger partial charge is 0.197 e. The van der Waals surface area contributed by atoms with Gasteiger partial charge in [0.15, 0.2) is 5.78 Å². The minimum absolute atomic E-state index is 0.0379. The van der Waals surface area contributed by atoms with Crippen molar-refractivity contribution < 1.29 is 9.90 Å². The maximum Gasteiger partial charge on any atom is 0.197 e. The molecule has 0 saturated carbocycles. The maximum atomic E-state index is 13.0. The predicted octanol–water partition coefficient (Wildman–Crippen LogP) is 6.02. The molecule has 0 aliphatic heterocycles. The first kappa shape index (κ1) is 18.3. The van der Waals surface area contributed by atoms with Crippen molar-refractivity contribution in [2.24, 2.45) is 0 Å². The van der Waals surface area contributed by atoms with E-state index in [1.807, 2.05) is 32.0 Å². The van der Waals surface area contributed by atoms with Crippen LogP contribution in [0.5, 0.6) is 5.75 Å². The second-order valence-electron chi connectivity index (χ2n) is 6.27. The Morgan fingerprint density at radius 2 is 1.65 bits per heavy atom. The Balaban J connectivity index is 2.18. The van der Waals surface area contributed by atoms with E-state index in [0.717, 1.165) is 27.3 Å². The molecule has 26 heavy (non-hydrogen) atoms. The first-order chi connectivity index (χ1) is 12.5. The predicted molar refractivity (Wildman–Crippen MR) is 109 cm³/mol. The third-order valence-electron chi connectivity index (χ3n) is 4.42. The van der Waals surface area contributed by atoms with Crippen LogP contribution in [0, 0.1) is 13.8 Å². The first-order valence-corrected chi connectivity index (χ1v) is 9.67. The van der Waals surface area contributed by atoms with Gasteiger partial charge in [0.05, 0.1) is 5.56 Å². The average Bonchev–Trinajstić information content (AvgIpc) is 2.66. The molecule has 0 amide bonds. The van der Waals surface area contributed by atoms with E-state index in [1.165, 1.54) is 5.56 Å². The number of hydrogen-bond acceptors (Lipinski definition) is 3. The Labute approximate surface area is 158 Å². The Kier molecular flexibility index (Phi) is 5.48. The van der Waals surface area contributed by atoms with E-state index in [1.54, 1.807) is 30.0 Å². The van der Waals surface area contributed by atoms with E-state index in [2.05, 4.69) is 31.2 Å². The Morgan fingerprint density at radius 1 is 1.00 bits per heavy atom. The number of rotatable bonds is 5. The number of benzene rings is 3. The van der Waals surface area contributed by atoms with Gasteiger partial charge in [-0.25, -0.2) is 0 Å². The molecule has 0 heterocycles. The molecule has 3 aromatic carbocycles. The number of aryl methyl sites for hydroxylation is 1. The van der Waals surface area contributed by atoms with Crippen LogP contribution >= 0.6 is 11.8 Å². The van der Waals surface area contributed by atoms with Crippen LogP contribution in [0.25, 0.3) is 11.1 Å². The topological polar surface area (TPSA) is 37.3 Å². The van der Waals surface area contributed by atoms with Crippen molar-refractivity contribution in [3.05, 3.63) is 82.9 Å². The summed E-state index contributed by atoms with van der Waals surface area (Å²) in [6, 6.07) is 19.1. The van der Waals surface area contributed by atoms with Crippen molar-refractivity contribution >= 4 is 17.5 Å². The molecular formula is C23H22O2S. The van der Waals surface area contributed by atoms with Crippen molar-refractivity contribution in [2.75, 3.05) is 5.75 Å². The number of thioether (sulfide) groups is 1. The van der Waals surface area contributed by atoms with Gasteiger partial charge in [0.2, 0.25) is 0 Å². The lowest BCUT2D eigenvalue weighted by Crippen LogP contribution is -2.06. The van der Waals surface area contributed by atoms with Gasteiger partial charge in [-0.15, -0.1) is 11.8 Å². The van der Waals surface area contributed by atoms with E-state index in [9.17, 15) is 9.90 Å². The molecule has 1 N–H and O–H groups in total. The number of carbonyl (C=O) groups excluding carboxylic acids is 1. The molecule has 0 aliphatic carbocycles. The normalized spacial score (nSPS) is 10.7. The summed E-state index contributed by atoms with van der Waals surface area (Å²) < 4.78 is 0. The van der Waals surface area contributed by atoms with Crippen LogP contribution in [0.2, 0.25) is 0 Å². The summed E-state index contributed by atoms with van der Waals surface area (Å²) in [5.74, 6) is 0.723. The molecule has 3 aromatic rings. The number of ketones is 1. The maximum absolute atomic E-state index is 13.0. The van der Waals surface area contributed by atoms with Gasteiger partial charge in [-0.1, -0.05) is 67.1 Å². The minimum atomic E-state index is -0.141. The molecule has 0 atom stereocenters. The summed E-state index contributed by atoms with van der Waals surface area (Å²) in [5, 5.41) is 10.7. The SMILES string of the molecule is CCSc1c(C)c(-c2ccc(C)cc2)cc(O)c1C(=O)c1ccccc1. The minimum Gasteiger partial charge on any atom is -0.507 e. The summed E-state index contributed by atoms with van der Waals surface area (Å²) >= 11 is 1.60. The fraction of sp³-hybridized carbons (Fsp3) is 0.174. The van der Waals surface area contributed by atoms with Gasteiger partial charge in [0.25, 0.3) is 0 Å². The third-order valence-corrected chi connectivity index (χ3v) is 5.51. The van der Waals surface area contributed by atoms with Gasteiger partial charge in [0.1, 0.15) is 5.75 Å². The van der Waals surface area contributed by atoms with Crippen molar-refractivity contribution in [1.29, 1.82) is 0 Å². The summed E-state index contributed by atoms with van der Waals surface area (Å²) in [6.07, 6.45) is 0. The molecule has 0 saturated heterocycles. The van der Waals surface area contributed by atoms with Gasteiger partial charge in [-0.2, -0.15) is 0 Å². The van der Waals surface area contributed by atoms with Gasteiger partial charge in [-0.05, 0) is 42.4 Å². The van der Waals surface area contributed by atoms with Crippen molar-refractivity contribution in [3.63, 3.8) is 0 Å². The molecule has 2 nitrogen and oxygen atoms in total. The van der Waals surface area contributed by atoms with E-state index in [0.29, 0.717) is 11.1 Å². The molecule has 0 radical (unpaired) electrons. The summed E-state index contributed by atoms with van der Waals surface area (Å²) in [6.45, 7) is 6.12. The molecule has 3 rings (SSSR count). The number of hydrogen-bond donors (Lipinski definition) is 1. The zero-order valence-corrected chi connectivity index (χ0v) is 16.1. The quantitative estimate of drug-likeness (QED) is 0.445. The Morgan fingerprint density at radius 3 is 2.27 bits per heavy atom. The van der Waals surface area contributed by atoms with Crippen LogP contribution in [-0.2, 0) is 0 Å². The highest BCUT2D eigenvalue weighted by atomic mass is 32.2. The second kappa shape index (κ2) is 7.79. The molecular weight excluding hydrogens is 340 g/mol. The molecule has 0 spiro atoms. The van der Waals surface area contributed by atoms with Crippen molar-refractivity contribution in [3.8, 4) is 16.9 Å². The monoisotopic (exact) mass is 362 g/mol. The summed E-state index contributed by atoms with van der Waals surface area (Å²) in [7, 11) is 0. The van der Waals surface area contributed by atoms with Crippen LogP contribution in [0.1, 0.15) is 34.0 Å². The molecule has 0 aliphatic rings. The van der Waals surface area contributed by atoms with E-state index < -0.39 is 0 Å². The fourth-order valence-electron chi connectivity index (χ4n) is 3.05. The van der Waals surface area contributed by atoms with Crippen molar-refractivity contribution in [2.45, 2.75) is 25.7 Å². The lowest BCUT2D eigenvalue weighted by molar-refractivity contribution is 0.103. The Hall–Kier alpha value is -2.52. The van der Waals surface area contributed by atoms with Crippen LogP contribution in [0.15, 0.2) is 65.6 Å². The summed E-state index contributed by atoms with van der Waals surface area (Å²) in [4.78, 5) is 13.9. The molecule has 0 fully saturated rings. The fourth-order valence-corrected chi connectivity index (χ4v) is 4.01. The highest BCUT2D eigenvalue weighted by Gasteiger charge is 2.22. The molecule has 0 bridgehead atoms. The largest absolute Gasteiger partial charge is 0.507 e. The standard InChI is InChI=1S/C23H22O2S/c1-4-26-23-16(3)19(17-12-10-15(2)11-13-17)14-20(24)21(23)22(25)18-8-6-5-7-9-18/h5-14,24H,4H2,1-3H3. The average molecular weight is 362 g/mol. The van der Waals surface area contributed by atoms with E-state index >= 15 is 0 Å². The Bertz CT molecular complexity index is 929. The zero-order chi connectivity index (χ0) is 18.7. The lowest BCUT2D eigenvalue weighted by Gasteiger charge is -2.17. The van der Waals surface area contributed by atoms with Crippen LogP contribution in [0.4, 0.5) is 0 Å². The molecule has 3 heteroatoms.